The molecule has 8 N–H and O–H groups in total. The lowest BCUT2D eigenvalue weighted by atomic mass is 9.96. The van der Waals surface area contributed by atoms with Gasteiger partial charge in [-0.2, -0.15) is 0 Å². The summed E-state index contributed by atoms with van der Waals surface area (Å²) in [6, 6.07) is 0. The lowest BCUT2D eigenvalue weighted by Gasteiger charge is -2.18. The third-order valence-corrected chi connectivity index (χ3v) is 2.63. The predicted octanol–water partition coefficient (Wildman–Crippen LogP) is -2.64. The summed E-state index contributed by atoms with van der Waals surface area (Å²) < 4.78 is 0. The van der Waals surface area contributed by atoms with Gasteiger partial charge in [-0.3, -0.25) is 19.2 Å². The molecule has 0 heterocycles. The fourth-order valence-electron chi connectivity index (χ4n) is 1.41. The van der Waals surface area contributed by atoms with E-state index in [4.69, 9.17) is 40.9 Å². The number of aliphatic carboxylic acids is 6. The molecule has 0 amide bonds. The molecule has 0 spiro atoms. The largest absolute Gasteiger partial charge is 0.481 e. The Morgan fingerprint density at radius 2 is 1.08 bits per heavy atom. The summed E-state index contributed by atoms with van der Waals surface area (Å²) in [5.41, 5.74) is -2.74. The van der Waals surface area contributed by atoms with Crippen molar-refractivity contribution in [2.24, 2.45) is 5.92 Å². The highest BCUT2D eigenvalue weighted by molar-refractivity contribution is 5.88. The van der Waals surface area contributed by atoms with Gasteiger partial charge in [0.15, 0.2) is 11.7 Å². The van der Waals surface area contributed by atoms with Crippen molar-refractivity contribution < 1.29 is 69.6 Å². The minimum atomic E-state index is -2.74. The lowest BCUT2D eigenvalue weighted by molar-refractivity contribution is -0.170. The second-order valence-electron chi connectivity index (χ2n) is 4.80. The monoisotopic (exact) mass is 384 g/mol. The van der Waals surface area contributed by atoms with Crippen LogP contribution >= 0.6 is 0 Å². The van der Waals surface area contributed by atoms with Crippen LogP contribution in [0.15, 0.2) is 0 Å². The molecule has 0 fully saturated rings. The summed E-state index contributed by atoms with van der Waals surface area (Å²) in [7, 11) is 0. The molecule has 0 aromatic heterocycles. The molecule has 0 radical (unpaired) electrons. The maximum Gasteiger partial charge on any atom is 0.336 e. The number of rotatable bonds is 10. The molecule has 0 saturated heterocycles. The van der Waals surface area contributed by atoms with E-state index in [2.05, 4.69) is 0 Å². The zero-order valence-electron chi connectivity index (χ0n) is 12.8. The van der Waals surface area contributed by atoms with Crippen LogP contribution in [0.3, 0.4) is 0 Å². The van der Waals surface area contributed by atoms with Crippen LogP contribution in [0.25, 0.3) is 0 Å². The van der Waals surface area contributed by atoms with Crippen molar-refractivity contribution >= 4 is 35.8 Å². The molecule has 2 unspecified atom stereocenters. The molecule has 0 aliphatic heterocycles. The van der Waals surface area contributed by atoms with Gasteiger partial charge >= 0.3 is 35.8 Å². The Bertz CT molecular complexity index is 562. The van der Waals surface area contributed by atoms with Gasteiger partial charge in [-0.25, -0.2) is 9.59 Å². The van der Waals surface area contributed by atoms with Crippen molar-refractivity contribution in [2.75, 3.05) is 0 Å². The van der Waals surface area contributed by atoms with Crippen LogP contribution in [0.5, 0.6) is 0 Å². The van der Waals surface area contributed by atoms with E-state index >= 15 is 0 Å². The average molecular weight is 384 g/mol. The van der Waals surface area contributed by atoms with E-state index in [9.17, 15) is 28.8 Å². The van der Waals surface area contributed by atoms with Gasteiger partial charge in [-0.1, -0.05) is 0 Å². The quantitative estimate of drug-likeness (QED) is 0.191. The smallest absolute Gasteiger partial charge is 0.336 e. The summed E-state index contributed by atoms with van der Waals surface area (Å²) in [5.74, 6) is -11.7. The molecule has 0 aliphatic rings. The normalized spacial score (nSPS) is 12.7. The number of carboxylic acid groups (broad SMARTS) is 6. The van der Waals surface area contributed by atoms with E-state index in [0.29, 0.717) is 0 Å². The number of hydrogen-bond acceptors (Lipinski definition) is 8. The van der Waals surface area contributed by atoms with Crippen LogP contribution in [0.1, 0.15) is 19.3 Å². The molecule has 0 aliphatic carbocycles. The van der Waals surface area contributed by atoms with Crippen molar-refractivity contribution in [1.29, 1.82) is 0 Å². The Morgan fingerprint density at radius 3 is 1.27 bits per heavy atom. The Kier molecular flexibility index (Phi) is 10.2. The summed E-state index contributed by atoms with van der Waals surface area (Å²) in [4.78, 5) is 61.0. The van der Waals surface area contributed by atoms with Gasteiger partial charge in [-0.05, 0) is 0 Å². The summed E-state index contributed by atoms with van der Waals surface area (Å²) in [6.45, 7) is 0. The molecule has 0 saturated carbocycles. The number of carboxylic acids is 6. The van der Waals surface area contributed by atoms with Crippen LogP contribution in [0, 0.1) is 5.92 Å². The first-order valence-corrected chi connectivity index (χ1v) is 6.38. The van der Waals surface area contributed by atoms with Crippen molar-refractivity contribution in [2.45, 2.75) is 31.0 Å². The standard InChI is InChI=1S/2C6H8O7/c7-3(8)1-6(13,5(11)12)2-4(9)10;7-3(8)1-2(5(10)11)4(9)6(12)13/h13H,1-2H2,(H,7,8)(H,9,10)(H,11,12);2,4,9H,1H2,(H,7,8)(H,10,11)(H,12,13). The van der Waals surface area contributed by atoms with Gasteiger partial charge in [-0.15, -0.1) is 0 Å². The van der Waals surface area contributed by atoms with Crippen LogP contribution < -0.4 is 0 Å². The average Bonchev–Trinajstić information content (AvgIpc) is 2.42. The molecule has 0 rings (SSSR count). The first-order valence-electron chi connectivity index (χ1n) is 6.38. The SMILES string of the molecule is O=C(O)CC(C(=O)O)C(O)C(=O)O.O=C(O)CC(O)(CC(=O)O)C(=O)O. The van der Waals surface area contributed by atoms with Gasteiger partial charge in [0.25, 0.3) is 0 Å². The molecule has 14 heteroatoms. The van der Waals surface area contributed by atoms with E-state index in [1.807, 2.05) is 0 Å². The van der Waals surface area contributed by atoms with Crippen LogP contribution in [-0.4, -0.2) is 88.4 Å². The molecular formula is C12H16O14. The fraction of sp³-hybridized carbons (Fsp3) is 0.500. The second kappa shape index (κ2) is 10.6. The number of aliphatic hydroxyl groups is 2. The number of aliphatic hydroxyl groups excluding tert-OH is 1. The Morgan fingerprint density at radius 1 is 0.692 bits per heavy atom. The first kappa shape index (κ1) is 25.0. The Hall–Kier alpha value is -3.26. The van der Waals surface area contributed by atoms with Gasteiger partial charge < -0.3 is 40.9 Å². The molecule has 0 aromatic rings. The maximum absolute atomic E-state index is 10.3. The van der Waals surface area contributed by atoms with Gasteiger partial charge in [0.05, 0.1) is 19.3 Å². The number of hydrogen-bond donors (Lipinski definition) is 8. The van der Waals surface area contributed by atoms with E-state index < -0.39 is 72.7 Å². The van der Waals surface area contributed by atoms with Crippen LogP contribution in [0.4, 0.5) is 0 Å². The zero-order valence-corrected chi connectivity index (χ0v) is 12.8. The second-order valence-corrected chi connectivity index (χ2v) is 4.80. The predicted molar refractivity (Wildman–Crippen MR) is 74.1 cm³/mol. The van der Waals surface area contributed by atoms with Gasteiger partial charge in [0.2, 0.25) is 0 Å². The van der Waals surface area contributed by atoms with Crippen molar-refractivity contribution in [3.05, 3.63) is 0 Å². The third-order valence-electron chi connectivity index (χ3n) is 2.63. The minimum Gasteiger partial charge on any atom is -0.481 e. The highest BCUT2D eigenvalue weighted by Crippen LogP contribution is 2.15. The Labute approximate surface area is 143 Å². The van der Waals surface area contributed by atoms with E-state index in [-0.39, 0.29) is 0 Å². The molecule has 26 heavy (non-hydrogen) atoms. The third kappa shape index (κ3) is 9.78. The van der Waals surface area contributed by atoms with Crippen LogP contribution in [0.2, 0.25) is 0 Å². The zero-order chi connectivity index (χ0) is 21.2. The molecule has 14 nitrogen and oxygen atoms in total. The lowest BCUT2D eigenvalue weighted by Crippen LogP contribution is -2.42. The first-order chi connectivity index (χ1) is 11.6. The summed E-state index contributed by atoms with van der Waals surface area (Å²) >= 11 is 0. The molecular weight excluding hydrogens is 368 g/mol. The highest BCUT2D eigenvalue weighted by atomic mass is 16.4. The van der Waals surface area contributed by atoms with Crippen molar-refractivity contribution in [3.63, 3.8) is 0 Å². The summed E-state index contributed by atoms with van der Waals surface area (Å²) in [6.07, 6.45) is -5.42. The van der Waals surface area contributed by atoms with E-state index in [1.165, 1.54) is 0 Å². The Balaban J connectivity index is 0. The fourth-order valence-corrected chi connectivity index (χ4v) is 1.41. The van der Waals surface area contributed by atoms with E-state index in [1.54, 1.807) is 0 Å². The highest BCUT2D eigenvalue weighted by Gasteiger charge is 2.40. The van der Waals surface area contributed by atoms with E-state index in [0.717, 1.165) is 0 Å². The van der Waals surface area contributed by atoms with Crippen molar-refractivity contribution in [3.8, 4) is 0 Å². The maximum atomic E-state index is 10.3. The minimum absolute atomic E-state index is 0.928. The molecule has 2 atom stereocenters. The molecule has 148 valence electrons. The molecule has 0 bridgehead atoms. The van der Waals surface area contributed by atoms with Crippen molar-refractivity contribution in [1.82, 2.24) is 0 Å². The topological polar surface area (TPSA) is 264 Å². The summed E-state index contributed by atoms with van der Waals surface area (Å²) in [5, 5.41) is 67.3. The van der Waals surface area contributed by atoms with Gasteiger partial charge in [0, 0.05) is 0 Å². The van der Waals surface area contributed by atoms with Crippen LogP contribution in [-0.2, 0) is 28.8 Å². The number of carbonyl (C=O) groups is 6. The molecule has 0 aromatic carbocycles. The van der Waals surface area contributed by atoms with Gasteiger partial charge in [0.1, 0.15) is 5.92 Å².